The van der Waals surface area contributed by atoms with E-state index in [9.17, 15) is 4.79 Å². The molecule has 0 saturated carbocycles. The van der Waals surface area contributed by atoms with Crippen molar-refractivity contribution in [2.75, 3.05) is 13.2 Å². The Labute approximate surface area is 194 Å². The van der Waals surface area contributed by atoms with Crippen molar-refractivity contribution in [2.45, 2.75) is 19.4 Å². The fourth-order valence-corrected chi connectivity index (χ4v) is 4.70. The zero-order chi connectivity index (χ0) is 22.7. The van der Waals surface area contributed by atoms with Crippen molar-refractivity contribution in [1.82, 2.24) is 14.9 Å². The normalized spacial score (nSPS) is 12.2. The topological polar surface area (TPSA) is 91.0 Å². The highest BCUT2D eigenvalue weighted by molar-refractivity contribution is 7.22. The molecule has 0 aliphatic rings. The first-order valence-corrected chi connectivity index (χ1v) is 11.5. The van der Waals surface area contributed by atoms with Gasteiger partial charge in [0.1, 0.15) is 4.70 Å². The molecule has 0 saturated heterocycles. The van der Waals surface area contributed by atoms with Crippen LogP contribution in [0.5, 0.6) is 0 Å². The minimum atomic E-state index is -0.0980. The third-order valence-electron chi connectivity index (χ3n) is 5.16. The number of benzene rings is 1. The van der Waals surface area contributed by atoms with Crippen molar-refractivity contribution in [3.05, 3.63) is 82.0 Å². The lowest BCUT2D eigenvalue weighted by atomic mass is 10.1. The fourth-order valence-electron chi connectivity index (χ4n) is 3.49. The van der Waals surface area contributed by atoms with E-state index in [1.807, 2.05) is 49.4 Å². The van der Waals surface area contributed by atoms with E-state index in [0.29, 0.717) is 39.8 Å². The molecule has 1 atom stereocenters. The van der Waals surface area contributed by atoms with Crippen molar-refractivity contribution in [3.8, 4) is 16.1 Å². The molecule has 32 heavy (non-hydrogen) atoms. The number of fused-ring (bicyclic) bond motifs is 1. The number of aliphatic hydroxyl groups is 1. The van der Waals surface area contributed by atoms with E-state index >= 15 is 0 Å². The Bertz CT molecular complexity index is 1300. The van der Waals surface area contributed by atoms with E-state index in [0.717, 1.165) is 15.8 Å². The van der Waals surface area contributed by atoms with Gasteiger partial charge in [0.15, 0.2) is 0 Å². The van der Waals surface area contributed by atoms with Gasteiger partial charge in [-0.05, 0) is 48.9 Å². The maximum atomic E-state index is 13.1. The molecule has 3 heterocycles. The van der Waals surface area contributed by atoms with Crippen LogP contribution in [0.15, 0.2) is 65.7 Å². The van der Waals surface area contributed by atoms with Crippen LogP contribution in [0.1, 0.15) is 19.0 Å². The summed E-state index contributed by atoms with van der Waals surface area (Å²) in [5.74, 6) is 0. The highest BCUT2D eigenvalue weighted by Gasteiger charge is 2.12. The molecule has 0 amide bonds. The summed E-state index contributed by atoms with van der Waals surface area (Å²) in [6.07, 6.45) is 3.88. The number of aliphatic hydroxyl groups excluding tert-OH is 1. The van der Waals surface area contributed by atoms with Crippen LogP contribution < -0.4 is 10.9 Å². The van der Waals surface area contributed by atoms with Gasteiger partial charge in [0, 0.05) is 40.5 Å². The van der Waals surface area contributed by atoms with Crippen LogP contribution in [0.2, 0.25) is 5.02 Å². The number of aromatic nitrogens is 2. The van der Waals surface area contributed by atoms with Gasteiger partial charge in [-0.25, -0.2) is 0 Å². The van der Waals surface area contributed by atoms with Crippen molar-refractivity contribution in [2.24, 2.45) is 0 Å². The minimum absolute atomic E-state index is 0.0646. The number of nitrogens with one attached hydrogen (secondary N) is 2. The Morgan fingerprint density at radius 2 is 2.03 bits per heavy atom. The molecule has 6 nitrogen and oxygen atoms in total. The zero-order valence-electron chi connectivity index (χ0n) is 17.5. The molecule has 0 unspecified atom stereocenters. The summed E-state index contributed by atoms with van der Waals surface area (Å²) in [7, 11) is 0. The van der Waals surface area contributed by atoms with Crippen LogP contribution in [0.25, 0.3) is 26.2 Å². The zero-order valence-corrected chi connectivity index (χ0v) is 19.1. The Kier molecular flexibility index (Phi) is 6.81. The number of nitrogens with zero attached hydrogens (tertiary/aromatic N) is 2. The van der Waals surface area contributed by atoms with Gasteiger partial charge in [-0.15, -0.1) is 11.3 Å². The largest absolute Gasteiger partial charge is 0.395 e. The van der Waals surface area contributed by atoms with Crippen molar-refractivity contribution in [1.29, 1.82) is 5.41 Å². The number of halogens is 1. The lowest BCUT2D eigenvalue weighted by Gasteiger charge is -2.13. The molecule has 0 aliphatic carbocycles. The molecule has 0 aliphatic heterocycles. The van der Waals surface area contributed by atoms with Crippen molar-refractivity contribution < 1.29 is 5.11 Å². The predicted molar refractivity (Wildman–Crippen MR) is 132 cm³/mol. The minimum Gasteiger partial charge on any atom is -0.395 e. The Morgan fingerprint density at radius 3 is 2.72 bits per heavy atom. The molecule has 3 aromatic heterocycles. The Hall–Kier alpha value is -2.84. The molecular formula is C24H23ClN4O2S. The highest BCUT2D eigenvalue weighted by Crippen LogP contribution is 2.32. The molecule has 4 rings (SSSR count). The van der Waals surface area contributed by atoms with Crippen molar-refractivity contribution >= 4 is 38.7 Å². The average molecular weight is 467 g/mol. The van der Waals surface area contributed by atoms with Gasteiger partial charge in [-0.1, -0.05) is 23.7 Å². The van der Waals surface area contributed by atoms with E-state index in [2.05, 4.69) is 10.3 Å². The first-order chi connectivity index (χ1) is 15.5. The Balaban J connectivity index is 1.58. The van der Waals surface area contributed by atoms with Crippen LogP contribution in [0.4, 0.5) is 0 Å². The van der Waals surface area contributed by atoms with Gasteiger partial charge in [0.25, 0.3) is 5.56 Å². The molecule has 4 aromatic rings. The van der Waals surface area contributed by atoms with Crippen molar-refractivity contribution in [3.63, 3.8) is 0 Å². The van der Waals surface area contributed by atoms with Gasteiger partial charge in [0.05, 0.1) is 29.9 Å². The second-order valence-electron chi connectivity index (χ2n) is 7.56. The van der Waals surface area contributed by atoms with Crippen LogP contribution in [0.3, 0.4) is 0 Å². The number of hydrogen-bond donors (Lipinski definition) is 3. The van der Waals surface area contributed by atoms with Gasteiger partial charge < -0.3 is 15.8 Å². The third-order valence-corrected chi connectivity index (χ3v) is 6.60. The van der Waals surface area contributed by atoms with Crippen LogP contribution in [-0.2, 0) is 0 Å². The lowest BCUT2D eigenvalue weighted by molar-refractivity contribution is 0.286. The number of pyridine rings is 2. The third kappa shape index (κ3) is 4.81. The SMILES string of the molecule is C[C@H](CC(=N)c1ccc(-n2ccc3cc(-c4ccc(Cl)cc4)sc3c2=O)cn1)NCCO. The maximum absolute atomic E-state index is 13.1. The second-order valence-corrected chi connectivity index (χ2v) is 9.04. The highest BCUT2D eigenvalue weighted by atomic mass is 35.5. The smallest absolute Gasteiger partial charge is 0.273 e. The Morgan fingerprint density at radius 1 is 1.25 bits per heavy atom. The van der Waals surface area contributed by atoms with E-state index in [4.69, 9.17) is 22.1 Å². The summed E-state index contributed by atoms with van der Waals surface area (Å²) in [5.41, 5.74) is 2.55. The summed E-state index contributed by atoms with van der Waals surface area (Å²) >= 11 is 7.44. The second kappa shape index (κ2) is 9.75. The fraction of sp³-hybridized carbons (Fsp3) is 0.208. The standard InChI is InChI=1S/C24H23ClN4O2S/c1-15(27-9-11-30)12-20(26)21-7-6-19(14-28-21)29-10-8-17-13-22(32-23(17)24(29)31)16-2-4-18(25)5-3-16/h2-8,10,13-15,26-27,30H,9,11-12H2,1H3/t15-/m1/s1. The quantitative estimate of drug-likeness (QED) is 0.333. The summed E-state index contributed by atoms with van der Waals surface area (Å²) in [5, 5.41) is 21.9. The summed E-state index contributed by atoms with van der Waals surface area (Å²) in [6.45, 7) is 2.52. The van der Waals surface area contributed by atoms with E-state index in [-0.39, 0.29) is 18.2 Å². The average Bonchev–Trinajstić information content (AvgIpc) is 3.24. The van der Waals surface area contributed by atoms with Crippen LogP contribution in [0, 0.1) is 5.41 Å². The summed E-state index contributed by atoms with van der Waals surface area (Å²) < 4.78 is 2.26. The summed E-state index contributed by atoms with van der Waals surface area (Å²) in [6, 6.07) is 15.2. The number of hydrogen-bond acceptors (Lipinski definition) is 6. The molecule has 8 heteroatoms. The lowest BCUT2D eigenvalue weighted by Crippen LogP contribution is -2.31. The molecular weight excluding hydrogens is 444 g/mol. The van der Waals surface area contributed by atoms with E-state index in [1.54, 1.807) is 23.0 Å². The molecule has 164 valence electrons. The van der Waals surface area contributed by atoms with Gasteiger partial charge in [0.2, 0.25) is 0 Å². The van der Waals surface area contributed by atoms with Crippen LogP contribution >= 0.6 is 22.9 Å². The first kappa shape index (κ1) is 22.4. The van der Waals surface area contributed by atoms with Gasteiger partial charge in [-0.3, -0.25) is 14.3 Å². The molecule has 0 bridgehead atoms. The van der Waals surface area contributed by atoms with E-state index in [1.165, 1.54) is 11.3 Å². The molecule has 3 N–H and O–H groups in total. The predicted octanol–water partition coefficient (Wildman–Crippen LogP) is 4.50. The van der Waals surface area contributed by atoms with Gasteiger partial charge in [-0.2, -0.15) is 0 Å². The monoisotopic (exact) mass is 466 g/mol. The van der Waals surface area contributed by atoms with Crippen LogP contribution in [-0.4, -0.2) is 39.6 Å². The molecule has 0 radical (unpaired) electrons. The summed E-state index contributed by atoms with van der Waals surface area (Å²) in [4.78, 5) is 18.6. The number of rotatable bonds is 8. The first-order valence-electron chi connectivity index (χ1n) is 10.3. The number of thiophene rings is 1. The molecule has 0 fully saturated rings. The van der Waals surface area contributed by atoms with Gasteiger partial charge >= 0.3 is 0 Å². The molecule has 0 spiro atoms. The maximum Gasteiger partial charge on any atom is 0.273 e. The molecule has 1 aromatic carbocycles. The van der Waals surface area contributed by atoms with E-state index < -0.39 is 0 Å².